The highest BCUT2D eigenvalue weighted by Crippen LogP contribution is 2.14. The number of para-hydroxylation sites is 2. The first-order valence-electron chi connectivity index (χ1n) is 5.34. The number of aryl methyl sites for hydroxylation is 1. The zero-order valence-electron chi connectivity index (χ0n) is 9.84. The summed E-state index contributed by atoms with van der Waals surface area (Å²) >= 11 is 0. The summed E-state index contributed by atoms with van der Waals surface area (Å²) in [6.45, 7) is 2.87. The van der Waals surface area contributed by atoms with Gasteiger partial charge >= 0.3 is 0 Å². The van der Waals surface area contributed by atoms with Gasteiger partial charge in [0.1, 0.15) is 5.82 Å². The first-order chi connectivity index (χ1) is 7.97. The SMILES string of the molecule is Cc1nc2ccccc2n1CCNS(C)(=O)=O. The molecule has 0 aliphatic heterocycles. The van der Waals surface area contributed by atoms with Gasteiger partial charge in [-0.1, -0.05) is 12.1 Å². The third-order valence-electron chi connectivity index (χ3n) is 2.55. The summed E-state index contributed by atoms with van der Waals surface area (Å²) in [7, 11) is -3.13. The van der Waals surface area contributed by atoms with E-state index in [1.54, 1.807) is 0 Å². The van der Waals surface area contributed by atoms with Crippen molar-refractivity contribution in [1.29, 1.82) is 0 Å². The van der Waals surface area contributed by atoms with Crippen molar-refractivity contribution in [1.82, 2.24) is 14.3 Å². The molecule has 5 nitrogen and oxygen atoms in total. The first kappa shape index (κ1) is 12.1. The zero-order valence-corrected chi connectivity index (χ0v) is 10.7. The molecule has 17 heavy (non-hydrogen) atoms. The molecule has 6 heteroatoms. The molecule has 0 aliphatic carbocycles. The second-order valence-electron chi connectivity index (χ2n) is 3.97. The predicted octanol–water partition coefficient (Wildman–Crippen LogP) is 0.894. The van der Waals surface area contributed by atoms with Crippen LogP contribution in [0.15, 0.2) is 24.3 Å². The minimum Gasteiger partial charge on any atom is -0.327 e. The van der Waals surface area contributed by atoms with E-state index in [1.165, 1.54) is 0 Å². The highest BCUT2D eigenvalue weighted by atomic mass is 32.2. The van der Waals surface area contributed by atoms with E-state index >= 15 is 0 Å². The van der Waals surface area contributed by atoms with Crippen LogP contribution >= 0.6 is 0 Å². The van der Waals surface area contributed by atoms with Crippen LogP contribution in [0.4, 0.5) is 0 Å². The fourth-order valence-electron chi connectivity index (χ4n) is 1.82. The van der Waals surface area contributed by atoms with Crippen LogP contribution in [-0.4, -0.2) is 30.8 Å². The lowest BCUT2D eigenvalue weighted by atomic mass is 10.3. The van der Waals surface area contributed by atoms with Crippen LogP contribution in [0.1, 0.15) is 5.82 Å². The summed E-state index contributed by atoms with van der Waals surface area (Å²) in [5.74, 6) is 0.890. The molecule has 92 valence electrons. The molecular formula is C11H15N3O2S. The van der Waals surface area contributed by atoms with E-state index in [1.807, 2.05) is 35.8 Å². The number of hydrogen-bond donors (Lipinski definition) is 1. The second-order valence-corrected chi connectivity index (χ2v) is 5.80. The molecule has 2 rings (SSSR count). The molecule has 1 N–H and O–H groups in total. The van der Waals surface area contributed by atoms with Gasteiger partial charge in [-0.3, -0.25) is 0 Å². The molecule has 1 heterocycles. The van der Waals surface area contributed by atoms with E-state index in [4.69, 9.17) is 0 Å². The lowest BCUT2D eigenvalue weighted by molar-refractivity contribution is 0.578. The van der Waals surface area contributed by atoms with Crippen molar-refractivity contribution < 1.29 is 8.42 Å². The van der Waals surface area contributed by atoms with Crippen molar-refractivity contribution in [3.8, 4) is 0 Å². The van der Waals surface area contributed by atoms with Crippen LogP contribution < -0.4 is 4.72 Å². The van der Waals surface area contributed by atoms with Crippen LogP contribution in [0, 0.1) is 6.92 Å². The number of rotatable bonds is 4. The van der Waals surface area contributed by atoms with Crippen molar-refractivity contribution in [3.05, 3.63) is 30.1 Å². The molecule has 0 fully saturated rings. The molecule has 0 saturated carbocycles. The van der Waals surface area contributed by atoms with E-state index in [-0.39, 0.29) is 0 Å². The number of sulfonamides is 1. The minimum atomic E-state index is -3.13. The maximum absolute atomic E-state index is 11.0. The van der Waals surface area contributed by atoms with Gasteiger partial charge in [0.2, 0.25) is 10.0 Å². The Morgan fingerprint density at radius 3 is 2.76 bits per heavy atom. The number of imidazole rings is 1. The number of hydrogen-bond acceptors (Lipinski definition) is 3. The van der Waals surface area contributed by atoms with Crippen LogP contribution in [0.25, 0.3) is 11.0 Å². The molecule has 1 aromatic carbocycles. The Hall–Kier alpha value is -1.40. The third-order valence-corrected chi connectivity index (χ3v) is 3.27. The molecule has 1 aromatic heterocycles. The number of nitrogens with one attached hydrogen (secondary N) is 1. The van der Waals surface area contributed by atoms with Gasteiger partial charge in [-0.25, -0.2) is 18.1 Å². The normalized spacial score (nSPS) is 12.1. The second kappa shape index (κ2) is 4.46. The molecule has 0 saturated heterocycles. The Morgan fingerprint density at radius 2 is 2.06 bits per heavy atom. The monoisotopic (exact) mass is 253 g/mol. The van der Waals surface area contributed by atoms with Gasteiger partial charge in [-0.05, 0) is 19.1 Å². The van der Waals surface area contributed by atoms with Crippen LogP contribution in [0.2, 0.25) is 0 Å². The molecule has 0 bridgehead atoms. The van der Waals surface area contributed by atoms with E-state index in [0.717, 1.165) is 23.1 Å². The molecule has 0 radical (unpaired) electrons. The van der Waals surface area contributed by atoms with Crippen molar-refractivity contribution >= 4 is 21.1 Å². The summed E-state index contributed by atoms with van der Waals surface area (Å²) < 4.78 is 26.4. The van der Waals surface area contributed by atoms with Gasteiger partial charge in [-0.2, -0.15) is 0 Å². The van der Waals surface area contributed by atoms with Gasteiger partial charge in [0.25, 0.3) is 0 Å². The van der Waals surface area contributed by atoms with Gasteiger partial charge in [-0.15, -0.1) is 0 Å². The fourth-order valence-corrected chi connectivity index (χ4v) is 2.28. The number of benzene rings is 1. The summed E-state index contributed by atoms with van der Waals surface area (Å²) in [4.78, 5) is 4.41. The highest BCUT2D eigenvalue weighted by Gasteiger charge is 2.07. The Balaban J connectivity index is 2.21. The maximum atomic E-state index is 11.0. The average Bonchev–Trinajstić information content (AvgIpc) is 2.54. The molecular weight excluding hydrogens is 238 g/mol. The lowest BCUT2D eigenvalue weighted by Crippen LogP contribution is -2.26. The number of nitrogens with zero attached hydrogens (tertiary/aromatic N) is 2. The summed E-state index contributed by atoms with van der Waals surface area (Å²) in [5.41, 5.74) is 1.96. The Labute approximate surface area is 101 Å². The number of aromatic nitrogens is 2. The Bertz CT molecular complexity index is 631. The van der Waals surface area contributed by atoms with E-state index in [2.05, 4.69) is 9.71 Å². The van der Waals surface area contributed by atoms with Gasteiger partial charge in [0.15, 0.2) is 0 Å². The maximum Gasteiger partial charge on any atom is 0.208 e. The van der Waals surface area contributed by atoms with Crippen LogP contribution in [-0.2, 0) is 16.6 Å². The predicted molar refractivity (Wildman–Crippen MR) is 67.3 cm³/mol. The van der Waals surface area contributed by atoms with E-state index in [9.17, 15) is 8.42 Å². The smallest absolute Gasteiger partial charge is 0.208 e. The largest absolute Gasteiger partial charge is 0.327 e. The van der Waals surface area contributed by atoms with Crippen molar-refractivity contribution in [2.45, 2.75) is 13.5 Å². The molecule has 0 unspecified atom stereocenters. The Morgan fingerprint density at radius 1 is 1.35 bits per heavy atom. The molecule has 2 aromatic rings. The molecule has 0 amide bonds. The summed E-state index contributed by atoms with van der Waals surface area (Å²) in [6, 6.07) is 7.82. The van der Waals surface area contributed by atoms with Gasteiger partial charge in [0, 0.05) is 13.1 Å². The average molecular weight is 253 g/mol. The minimum absolute atomic E-state index is 0.375. The molecule has 0 atom stereocenters. The summed E-state index contributed by atoms with van der Waals surface area (Å²) in [6.07, 6.45) is 1.16. The third kappa shape index (κ3) is 2.83. The quantitative estimate of drug-likeness (QED) is 0.880. The van der Waals surface area contributed by atoms with E-state index < -0.39 is 10.0 Å². The topological polar surface area (TPSA) is 64.0 Å². The lowest BCUT2D eigenvalue weighted by Gasteiger charge is -2.06. The molecule has 0 aliphatic rings. The zero-order chi connectivity index (χ0) is 12.5. The van der Waals surface area contributed by atoms with Crippen LogP contribution in [0.3, 0.4) is 0 Å². The first-order valence-corrected chi connectivity index (χ1v) is 7.23. The van der Waals surface area contributed by atoms with Crippen molar-refractivity contribution in [2.75, 3.05) is 12.8 Å². The summed E-state index contributed by atoms with van der Waals surface area (Å²) in [5, 5.41) is 0. The van der Waals surface area contributed by atoms with Crippen molar-refractivity contribution in [2.24, 2.45) is 0 Å². The van der Waals surface area contributed by atoms with E-state index in [0.29, 0.717) is 13.1 Å². The fraction of sp³-hybridized carbons (Fsp3) is 0.364. The van der Waals surface area contributed by atoms with Crippen LogP contribution in [0.5, 0.6) is 0 Å². The van der Waals surface area contributed by atoms with Crippen molar-refractivity contribution in [3.63, 3.8) is 0 Å². The van der Waals surface area contributed by atoms with Gasteiger partial charge in [0.05, 0.1) is 17.3 Å². The Kier molecular flexibility index (Phi) is 3.17. The van der Waals surface area contributed by atoms with Gasteiger partial charge < -0.3 is 4.57 Å². The molecule has 0 spiro atoms. The highest BCUT2D eigenvalue weighted by molar-refractivity contribution is 7.88. The standard InChI is InChI=1S/C11H15N3O2S/c1-9-13-10-5-3-4-6-11(10)14(9)8-7-12-17(2,15)16/h3-6,12H,7-8H2,1-2H3. The number of fused-ring (bicyclic) bond motifs is 1.